The first-order valence-electron chi connectivity index (χ1n) is 13.2. The molecule has 0 aromatic carbocycles. The second kappa shape index (κ2) is 26.9. The highest BCUT2D eigenvalue weighted by Gasteiger charge is 1.95. The molecule has 0 spiro atoms. The maximum atomic E-state index is 5.80. The Labute approximate surface area is 178 Å². The molecule has 0 unspecified atom stereocenters. The van der Waals surface area contributed by atoms with Gasteiger partial charge in [-0.05, 0) is 25.8 Å². The number of ether oxygens (including phenoxy) is 1. The van der Waals surface area contributed by atoms with Crippen molar-refractivity contribution in [1.82, 2.24) is 0 Å². The summed E-state index contributed by atoms with van der Waals surface area (Å²) in [6, 6.07) is 0. The van der Waals surface area contributed by atoms with Crippen molar-refractivity contribution in [3.05, 3.63) is 0 Å². The van der Waals surface area contributed by atoms with E-state index >= 15 is 0 Å². The number of hydrogen-bond donors (Lipinski definition) is 1. The molecule has 0 aromatic rings. The van der Waals surface area contributed by atoms with E-state index in [1.54, 1.807) is 0 Å². The Bertz CT molecular complexity index is 231. The molecular formula is C26H55NO. The predicted molar refractivity (Wildman–Crippen MR) is 127 cm³/mol. The highest BCUT2D eigenvalue weighted by molar-refractivity contribution is 4.50. The van der Waals surface area contributed by atoms with Crippen molar-refractivity contribution in [2.45, 2.75) is 148 Å². The van der Waals surface area contributed by atoms with Crippen molar-refractivity contribution in [2.24, 2.45) is 5.73 Å². The number of unbranched alkanes of at least 4 members (excludes halogenated alkanes) is 20. The Balaban J connectivity index is 2.96. The lowest BCUT2D eigenvalue weighted by atomic mass is 10.1. The quantitative estimate of drug-likeness (QED) is 0.157. The van der Waals surface area contributed by atoms with E-state index in [0.717, 1.165) is 19.8 Å². The van der Waals surface area contributed by atoms with Gasteiger partial charge in [-0.15, -0.1) is 0 Å². The molecular weight excluding hydrogens is 342 g/mol. The summed E-state index contributed by atoms with van der Waals surface area (Å²) in [5.41, 5.74) is 5.52. The van der Waals surface area contributed by atoms with E-state index in [-0.39, 0.29) is 0 Å². The van der Waals surface area contributed by atoms with Crippen molar-refractivity contribution in [3.8, 4) is 0 Å². The third-order valence-electron chi connectivity index (χ3n) is 5.89. The maximum absolute atomic E-state index is 5.80. The first kappa shape index (κ1) is 27.9. The second-order valence-electron chi connectivity index (χ2n) is 8.83. The molecule has 2 N–H and O–H groups in total. The van der Waals surface area contributed by atoms with Crippen LogP contribution in [-0.4, -0.2) is 19.8 Å². The van der Waals surface area contributed by atoms with Gasteiger partial charge in [0, 0.05) is 13.2 Å². The zero-order chi connectivity index (χ0) is 20.4. The monoisotopic (exact) mass is 397 g/mol. The summed E-state index contributed by atoms with van der Waals surface area (Å²) in [6.45, 7) is 5.13. The van der Waals surface area contributed by atoms with Gasteiger partial charge in [0.25, 0.3) is 0 Å². The van der Waals surface area contributed by atoms with Crippen LogP contribution in [0.5, 0.6) is 0 Å². The van der Waals surface area contributed by atoms with Gasteiger partial charge in [0.05, 0.1) is 0 Å². The molecule has 0 saturated heterocycles. The normalized spacial score (nSPS) is 11.4. The van der Waals surface area contributed by atoms with Crippen molar-refractivity contribution in [3.63, 3.8) is 0 Å². The summed E-state index contributed by atoms with van der Waals surface area (Å²) in [7, 11) is 0. The Kier molecular flexibility index (Phi) is 26.8. The zero-order valence-corrected chi connectivity index (χ0v) is 19.7. The number of hydrogen-bond acceptors (Lipinski definition) is 2. The molecule has 2 heteroatoms. The molecule has 28 heavy (non-hydrogen) atoms. The summed E-state index contributed by atoms with van der Waals surface area (Å²) in [6.07, 6.45) is 30.6. The molecule has 0 aliphatic carbocycles. The zero-order valence-electron chi connectivity index (χ0n) is 19.7. The first-order valence-corrected chi connectivity index (χ1v) is 13.2. The van der Waals surface area contributed by atoms with Crippen LogP contribution in [0.1, 0.15) is 148 Å². The van der Waals surface area contributed by atoms with Gasteiger partial charge in [-0.25, -0.2) is 0 Å². The van der Waals surface area contributed by atoms with Gasteiger partial charge in [0.15, 0.2) is 0 Å². The van der Waals surface area contributed by atoms with Gasteiger partial charge in [0.1, 0.15) is 0 Å². The van der Waals surface area contributed by atoms with E-state index in [4.69, 9.17) is 10.5 Å². The molecule has 0 aromatic heterocycles. The van der Waals surface area contributed by atoms with Crippen LogP contribution in [0.3, 0.4) is 0 Å². The van der Waals surface area contributed by atoms with Crippen molar-refractivity contribution in [2.75, 3.05) is 19.8 Å². The molecule has 170 valence electrons. The minimum Gasteiger partial charge on any atom is -0.381 e. The summed E-state index contributed by atoms with van der Waals surface area (Å²) < 4.78 is 5.80. The molecule has 0 fully saturated rings. The highest BCUT2D eigenvalue weighted by atomic mass is 16.5. The fourth-order valence-electron chi connectivity index (χ4n) is 3.91. The third-order valence-corrected chi connectivity index (χ3v) is 5.89. The molecule has 2 nitrogen and oxygen atoms in total. The molecule has 0 radical (unpaired) electrons. The number of rotatable bonds is 25. The SMILES string of the molecule is CCCCCCCCCCCCOCCCCCCCCCCCCCCN. The van der Waals surface area contributed by atoms with Crippen LogP contribution in [0, 0.1) is 0 Å². The van der Waals surface area contributed by atoms with Gasteiger partial charge in [-0.1, -0.05) is 129 Å². The van der Waals surface area contributed by atoms with Gasteiger partial charge >= 0.3 is 0 Å². The van der Waals surface area contributed by atoms with Crippen molar-refractivity contribution >= 4 is 0 Å². The largest absolute Gasteiger partial charge is 0.381 e. The Hall–Kier alpha value is -0.0800. The average molecular weight is 398 g/mol. The van der Waals surface area contributed by atoms with E-state index in [1.165, 1.54) is 141 Å². The standard InChI is InChI=1S/C26H55NO/c1-2-3-4-5-6-7-13-16-19-22-25-28-26-23-20-17-14-11-9-8-10-12-15-18-21-24-27/h2-27H2,1H3. The van der Waals surface area contributed by atoms with Crippen LogP contribution in [0.2, 0.25) is 0 Å². The van der Waals surface area contributed by atoms with Crippen LogP contribution in [0.4, 0.5) is 0 Å². The van der Waals surface area contributed by atoms with Crippen molar-refractivity contribution in [1.29, 1.82) is 0 Å². The van der Waals surface area contributed by atoms with Crippen LogP contribution in [-0.2, 0) is 4.74 Å². The lowest BCUT2D eigenvalue weighted by Gasteiger charge is -2.05. The smallest absolute Gasteiger partial charge is 0.0466 e. The topological polar surface area (TPSA) is 35.2 Å². The van der Waals surface area contributed by atoms with E-state index < -0.39 is 0 Å². The third kappa shape index (κ3) is 25.9. The summed E-state index contributed by atoms with van der Waals surface area (Å²) in [5, 5.41) is 0. The van der Waals surface area contributed by atoms with Gasteiger partial charge in [-0.3, -0.25) is 0 Å². The van der Waals surface area contributed by atoms with Crippen LogP contribution < -0.4 is 5.73 Å². The van der Waals surface area contributed by atoms with E-state index in [2.05, 4.69) is 6.92 Å². The maximum Gasteiger partial charge on any atom is 0.0466 e. The molecule has 0 aliphatic rings. The molecule has 0 aliphatic heterocycles. The highest BCUT2D eigenvalue weighted by Crippen LogP contribution is 2.12. The van der Waals surface area contributed by atoms with Crippen molar-refractivity contribution < 1.29 is 4.74 Å². The molecule has 0 rings (SSSR count). The van der Waals surface area contributed by atoms with Crippen LogP contribution >= 0.6 is 0 Å². The molecule has 0 bridgehead atoms. The minimum absolute atomic E-state index is 0.865. The molecule has 0 heterocycles. The Morgan fingerprint density at radius 1 is 0.393 bits per heavy atom. The molecule has 0 amide bonds. The molecule has 0 saturated carbocycles. The summed E-state index contributed by atoms with van der Waals surface area (Å²) in [5.74, 6) is 0. The fraction of sp³-hybridized carbons (Fsp3) is 1.00. The number of nitrogens with two attached hydrogens (primary N) is 1. The summed E-state index contributed by atoms with van der Waals surface area (Å²) >= 11 is 0. The van der Waals surface area contributed by atoms with Crippen LogP contribution in [0.25, 0.3) is 0 Å². The van der Waals surface area contributed by atoms with Gasteiger partial charge < -0.3 is 10.5 Å². The first-order chi connectivity index (χ1) is 13.9. The molecule has 0 atom stereocenters. The van der Waals surface area contributed by atoms with Gasteiger partial charge in [-0.2, -0.15) is 0 Å². The predicted octanol–water partition coefficient (Wildman–Crippen LogP) is 8.56. The average Bonchev–Trinajstić information content (AvgIpc) is 2.71. The summed E-state index contributed by atoms with van der Waals surface area (Å²) in [4.78, 5) is 0. The lowest BCUT2D eigenvalue weighted by molar-refractivity contribution is 0.125. The fourth-order valence-corrected chi connectivity index (χ4v) is 3.91. The minimum atomic E-state index is 0.865. The second-order valence-corrected chi connectivity index (χ2v) is 8.83. The lowest BCUT2D eigenvalue weighted by Crippen LogP contribution is -1.97. The van der Waals surface area contributed by atoms with E-state index in [1.807, 2.05) is 0 Å². The van der Waals surface area contributed by atoms with E-state index in [9.17, 15) is 0 Å². The van der Waals surface area contributed by atoms with Crippen LogP contribution in [0.15, 0.2) is 0 Å². The van der Waals surface area contributed by atoms with Gasteiger partial charge in [0.2, 0.25) is 0 Å². The Morgan fingerprint density at radius 3 is 1.00 bits per heavy atom. The Morgan fingerprint density at radius 2 is 0.679 bits per heavy atom. The van der Waals surface area contributed by atoms with E-state index in [0.29, 0.717) is 0 Å².